The summed E-state index contributed by atoms with van der Waals surface area (Å²) in [5, 5.41) is 7.95. The van der Waals surface area contributed by atoms with Crippen molar-refractivity contribution in [3.05, 3.63) is 40.7 Å². The fraction of sp³-hybridized carbons (Fsp3) is 0.438. The maximum atomic E-state index is 5.48. The minimum Gasteiger partial charge on any atom is -0.496 e. The summed E-state index contributed by atoms with van der Waals surface area (Å²) in [5.41, 5.74) is 5.67. The lowest BCUT2D eigenvalue weighted by atomic mass is 10.1. The van der Waals surface area contributed by atoms with Crippen LogP contribution in [0.15, 0.2) is 18.3 Å². The zero-order chi connectivity index (χ0) is 14.9. The van der Waals surface area contributed by atoms with E-state index in [2.05, 4.69) is 49.5 Å². The number of aromatic nitrogens is 2. The normalized spacial score (nSPS) is 12.3. The first-order valence-corrected chi connectivity index (χ1v) is 6.85. The first kappa shape index (κ1) is 14.4. The number of aryl methyl sites for hydroxylation is 3. The summed E-state index contributed by atoms with van der Waals surface area (Å²) in [6.45, 7) is 8.33. The predicted molar refractivity (Wildman–Crippen MR) is 82.5 cm³/mol. The molecule has 1 aromatic carbocycles. The van der Waals surface area contributed by atoms with Gasteiger partial charge in [-0.3, -0.25) is 4.68 Å². The second-order valence-corrected chi connectivity index (χ2v) is 5.30. The lowest BCUT2D eigenvalue weighted by molar-refractivity contribution is 0.409. The van der Waals surface area contributed by atoms with Crippen LogP contribution >= 0.6 is 0 Å². The molecule has 0 radical (unpaired) electrons. The van der Waals surface area contributed by atoms with Gasteiger partial charge in [0.25, 0.3) is 0 Å². The van der Waals surface area contributed by atoms with Gasteiger partial charge in [-0.2, -0.15) is 5.10 Å². The number of rotatable bonds is 4. The quantitative estimate of drug-likeness (QED) is 0.926. The zero-order valence-corrected chi connectivity index (χ0v) is 13.1. The fourth-order valence-electron chi connectivity index (χ4n) is 2.65. The third-order valence-corrected chi connectivity index (χ3v) is 3.70. The molecule has 4 nitrogen and oxygen atoms in total. The Morgan fingerprint density at radius 3 is 2.50 bits per heavy atom. The van der Waals surface area contributed by atoms with Crippen LogP contribution in [0.4, 0.5) is 5.69 Å². The Morgan fingerprint density at radius 2 is 1.95 bits per heavy atom. The van der Waals surface area contributed by atoms with E-state index >= 15 is 0 Å². The summed E-state index contributed by atoms with van der Waals surface area (Å²) >= 11 is 0. The Kier molecular flexibility index (Phi) is 4.02. The van der Waals surface area contributed by atoms with E-state index in [1.54, 1.807) is 7.11 Å². The van der Waals surface area contributed by atoms with Gasteiger partial charge < -0.3 is 10.1 Å². The molecule has 0 amide bonds. The molecular weight excluding hydrogens is 250 g/mol. The van der Waals surface area contributed by atoms with E-state index in [1.807, 2.05) is 18.7 Å². The van der Waals surface area contributed by atoms with Crippen LogP contribution in [0.25, 0.3) is 0 Å². The Hall–Kier alpha value is -1.97. The molecule has 1 heterocycles. The van der Waals surface area contributed by atoms with E-state index in [9.17, 15) is 0 Å². The van der Waals surface area contributed by atoms with E-state index in [0.717, 1.165) is 28.3 Å². The molecule has 0 aliphatic heterocycles. The topological polar surface area (TPSA) is 39.1 Å². The molecule has 0 fully saturated rings. The van der Waals surface area contributed by atoms with Crippen molar-refractivity contribution in [2.75, 3.05) is 12.4 Å². The minimum atomic E-state index is 0.204. The van der Waals surface area contributed by atoms with Crippen LogP contribution < -0.4 is 10.1 Å². The first-order valence-electron chi connectivity index (χ1n) is 6.85. The van der Waals surface area contributed by atoms with E-state index in [-0.39, 0.29) is 6.04 Å². The molecule has 4 heteroatoms. The number of nitrogens with one attached hydrogen (secondary N) is 1. The standard InChI is InChI=1S/C16H23N3O/c1-10-7-8-15(11(2)16(10)20-6)17-12(3)14-9-19(5)18-13(14)4/h7-9,12,17H,1-6H3. The van der Waals surface area contributed by atoms with Crippen molar-refractivity contribution in [3.63, 3.8) is 0 Å². The third-order valence-electron chi connectivity index (χ3n) is 3.70. The molecule has 0 spiro atoms. The van der Waals surface area contributed by atoms with Crippen LogP contribution in [0.5, 0.6) is 5.75 Å². The van der Waals surface area contributed by atoms with Gasteiger partial charge in [0.1, 0.15) is 5.75 Å². The van der Waals surface area contributed by atoms with Gasteiger partial charge in [-0.25, -0.2) is 0 Å². The van der Waals surface area contributed by atoms with Gasteiger partial charge in [0.15, 0.2) is 0 Å². The highest BCUT2D eigenvalue weighted by Crippen LogP contribution is 2.31. The highest BCUT2D eigenvalue weighted by atomic mass is 16.5. The Balaban J connectivity index is 2.28. The average molecular weight is 273 g/mol. The summed E-state index contributed by atoms with van der Waals surface area (Å²) in [6.07, 6.45) is 2.06. The van der Waals surface area contributed by atoms with Crippen LogP contribution in [-0.4, -0.2) is 16.9 Å². The number of nitrogens with zero attached hydrogens (tertiary/aromatic N) is 2. The molecule has 0 aliphatic carbocycles. The largest absolute Gasteiger partial charge is 0.496 e. The third kappa shape index (κ3) is 2.64. The van der Waals surface area contributed by atoms with Crippen LogP contribution in [0, 0.1) is 20.8 Å². The molecule has 0 saturated heterocycles. The molecule has 1 aromatic heterocycles. The lowest BCUT2D eigenvalue weighted by Crippen LogP contribution is -2.09. The van der Waals surface area contributed by atoms with E-state index in [4.69, 9.17) is 4.74 Å². The molecule has 2 rings (SSSR count). The van der Waals surface area contributed by atoms with Crippen molar-refractivity contribution in [2.45, 2.75) is 33.7 Å². The average Bonchev–Trinajstić information content (AvgIpc) is 2.73. The molecule has 0 bridgehead atoms. The van der Waals surface area contributed by atoms with Crippen LogP contribution in [0.3, 0.4) is 0 Å². The molecule has 2 aromatic rings. The minimum absolute atomic E-state index is 0.204. The van der Waals surface area contributed by atoms with Crippen molar-refractivity contribution in [2.24, 2.45) is 7.05 Å². The predicted octanol–water partition coefficient (Wildman–Crippen LogP) is 3.53. The number of hydrogen-bond donors (Lipinski definition) is 1. The molecular formula is C16H23N3O. The van der Waals surface area contributed by atoms with Crippen molar-refractivity contribution < 1.29 is 4.74 Å². The Bertz CT molecular complexity index is 616. The van der Waals surface area contributed by atoms with Crippen LogP contribution in [-0.2, 0) is 7.05 Å². The Labute approximate surface area is 120 Å². The smallest absolute Gasteiger partial charge is 0.126 e. The second-order valence-electron chi connectivity index (χ2n) is 5.30. The van der Waals surface area contributed by atoms with Gasteiger partial charge in [0.05, 0.1) is 18.8 Å². The summed E-state index contributed by atoms with van der Waals surface area (Å²) in [4.78, 5) is 0. The lowest BCUT2D eigenvalue weighted by Gasteiger charge is -2.19. The highest BCUT2D eigenvalue weighted by molar-refractivity contribution is 5.60. The van der Waals surface area contributed by atoms with Crippen molar-refractivity contribution in [1.82, 2.24) is 9.78 Å². The summed E-state index contributed by atoms with van der Waals surface area (Å²) in [7, 11) is 3.66. The monoisotopic (exact) mass is 273 g/mol. The van der Waals surface area contributed by atoms with Gasteiger partial charge in [0, 0.05) is 30.1 Å². The number of benzene rings is 1. The van der Waals surface area contributed by atoms with E-state index < -0.39 is 0 Å². The van der Waals surface area contributed by atoms with Gasteiger partial charge in [-0.15, -0.1) is 0 Å². The second kappa shape index (κ2) is 5.57. The molecule has 1 unspecified atom stereocenters. The zero-order valence-electron chi connectivity index (χ0n) is 13.1. The SMILES string of the molecule is COc1c(C)ccc(NC(C)c2cn(C)nc2C)c1C. The first-order chi connectivity index (χ1) is 9.43. The molecule has 0 aliphatic rings. The maximum Gasteiger partial charge on any atom is 0.126 e. The van der Waals surface area contributed by atoms with Crippen molar-refractivity contribution >= 4 is 5.69 Å². The number of ether oxygens (including phenoxy) is 1. The molecule has 0 saturated carbocycles. The van der Waals surface area contributed by atoms with Gasteiger partial charge >= 0.3 is 0 Å². The summed E-state index contributed by atoms with van der Waals surface area (Å²) in [5.74, 6) is 0.949. The van der Waals surface area contributed by atoms with Gasteiger partial charge in [-0.05, 0) is 39.3 Å². The van der Waals surface area contributed by atoms with Crippen molar-refractivity contribution in [1.29, 1.82) is 0 Å². The molecule has 1 N–H and O–H groups in total. The van der Waals surface area contributed by atoms with Crippen LogP contribution in [0.1, 0.15) is 35.3 Å². The summed E-state index contributed by atoms with van der Waals surface area (Å²) in [6, 6.07) is 4.39. The number of methoxy groups -OCH3 is 1. The van der Waals surface area contributed by atoms with Gasteiger partial charge in [0.2, 0.25) is 0 Å². The molecule has 108 valence electrons. The number of anilines is 1. The van der Waals surface area contributed by atoms with E-state index in [0.29, 0.717) is 0 Å². The maximum absolute atomic E-state index is 5.48. The van der Waals surface area contributed by atoms with Crippen molar-refractivity contribution in [3.8, 4) is 5.75 Å². The van der Waals surface area contributed by atoms with Crippen LogP contribution in [0.2, 0.25) is 0 Å². The van der Waals surface area contributed by atoms with E-state index in [1.165, 1.54) is 5.56 Å². The highest BCUT2D eigenvalue weighted by Gasteiger charge is 2.14. The fourth-order valence-corrected chi connectivity index (χ4v) is 2.65. The summed E-state index contributed by atoms with van der Waals surface area (Å²) < 4.78 is 7.33. The number of hydrogen-bond acceptors (Lipinski definition) is 3. The molecule has 20 heavy (non-hydrogen) atoms. The molecule has 1 atom stereocenters. The Morgan fingerprint density at radius 1 is 1.25 bits per heavy atom. The van der Waals surface area contributed by atoms with Gasteiger partial charge in [-0.1, -0.05) is 6.07 Å².